The molecule has 0 aliphatic carbocycles. The van der Waals surface area contributed by atoms with E-state index in [0.717, 1.165) is 11.4 Å². The van der Waals surface area contributed by atoms with Gasteiger partial charge in [-0.1, -0.05) is 30.3 Å². The van der Waals surface area contributed by atoms with Crippen LogP contribution in [0.2, 0.25) is 0 Å². The van der Waals surface area contributed by atoms with Crippen LogP contribution in [0.1, 0.15) is 0 Å². The minimum absolute atomic E-state index is 0.0559. The number of aromatic nitrogens is 2. The fourth-order valence-corrected chi connectivity index (χ4v) is 1.54. The fourth-order valence-electron chi connectivity index (χ4n) is 1.54. The maximum atomic E-state index is 8.93. The number of rotatable bonds is 3. The summed E-state index contributed by atoms with van der Waals surface area (Å²) in [6.45, 7) is 0.524. The zero-order chi connectivity index (χ0) is 10.7. The quantitative estimate of drug-likeness (QED) is 0.785. The third kappa shape index (κ3) is 1.85. The Balaban J connectivity index is 2.44. The van der Waals surface area contributed by atoms with Crippen LogP contribution in [0.15, 0.2) is 36.5 Å². The first kappa shape index (κ1) is 9.73. The van der Waals surface area contributed by atoms with Crippen molar-refractivity contribution >= 4 is 5.82 Å². The van der Waals surface area contributed by atoms with Crippen LogP contribution in [0.5, 0.6) is 0 Å². The molecule has 2 rings (SSSR count). The lowest BCUT2D eigenvalue weighted by Gasteiger charge is -2.07. The fraction of sp³-hybridized carbons (Fsp3) is 0.182. The molecule has 78 valence electrons. The summed E-state index contributed by atoms with van der Waals surface area (Å²) in [6.07, 6.45) is 1.61. The van der Waals surface area contributed by atoms with Crippen molar-refractivity contribution in [1.82, 2.24) is 9.55 Å². The molecule has 0 aliphatic rings. The Hall–Kier alpha value is -1.81. The van der Waals surface area contributed by atoms with Crippen LogP contribution in [0.25, 0.3) is 11.4 Å². The Bertz CT molecular complexity index is 436. The maximum absolute atomic E-state index is 8.93. The van der Waals surface area contributed by atoms with Gasteiger partial charge in [-0.25, -0.2) is 4.98 Å². The van der Waals surface area contributed by atoms with Gasteiger partial charge in [0.05, 0.1) is 12.8 Å². The number of hydrogen-bond acceptors (Lipinski definition) is 3. The molecule has 0 radical (unpaired) electrons. The topological polar surface area (TPSA) is 64.1 Å². The van der Waals surface area contributed by atoms with Crippen LogP contribution in [0.3, 0.4) is 0 Å². The first-order chi connectivity index (χ1) is 7.33. The highest BCUT2D eigenvalue weighted by atomic mass is 16.3. The number of aliphatic hydroxyl groups excluding tert-OH is 1. The third-order valence-corrected chi connectivity index (χ3v) is 2.24. The molecule has 2 aromatic rings. The number of benzene rings is 1. The lowest BCUT2D eigenvalue weighted by atomic mass is 10.2. The lowest BCUT2D eigenvalue weighted by Crippen LogP contribution is -2.07. The number of anilines is 1. The average molecular weight is 203 g/mol. The lowest BCUT2D eigenvalue weighted by molar-refractivity contribution is 0.277. The summed E-state index contributed by atoms with van der Waals surface area (Å²) in [5.41, 5.74) is 6.76. The smallest absolute Gasteiger partial charge is 0.141 e. The van der Waals surface area contributed by atoms with Crippen molar-refractivity contribution in [3.63, 3.8) is 0 Å². The van der Waals surface area contributed by atoms with Gasteiger partial charge in [0.15, 0.2) is 0 Å². The van der Waals surface area contributed by atoms with Crippen molar-refractivity contribution in [3.8, 4) is 11.4 Å². The number of nitrogens with zero attached hydrogens (tertiary/aromatic N) is 2. The zero-order valence-corrected chi connectivity index (χ0v) is 8.30. The van der Waals surface area contributed by atoms with Gasteiger partial charge in [0.2, 0.25) is 0 Å². The van der Waals surface area contributed by atoms with E-state index in [2.05, 4.69) is 4.98 Å². The highest BCUT2D eigenvalue weighted by molar-refractivity contribution is 5.58. The molecule has 4 heteroatoms. The largest absolute Gasteiger partial charge is 0.395 e. The van der Waals surface area contributed by atoms with Gasteiger partial charge in [-0.05, 0) is 0 Å². The molecule has 0 spiro atoms. The average Bonchev–Trinajstić information content (AvgIpc) is 2.63. The van der Waals surface area contributed by atoms with Gasteiger partial charge in [-0.3, -0.25) is 0 Å². The summed E-state index contributed by atoms with van der Waals surface area (Å²) in [5.74, 6) is 1.37. The predicted molar refractivity (Wildman–Crippen MR) is 59.2 cm³/mol. The van der Waals surface area contributed by atoms with E-state index in [1.54, 1.807) is 10.8 Å². The van der Waals surface area contributed by atoms with Crippen molar-refractivity contribution < 1.29 is 5.11 Å². The van der Waals surface area contributed by atoms with Crippen LogP contribution in [-0.2, 0) is 6.54 Å². The van der Waals surface area contributed by atoms with E-state index in [4.69, 9.17) is 10.8 Å². The number of imidazole rings is 1. The van der Waals surface area contributed by atoms with E-state index in [9.17, 15) is 0 Å². The van der Waals surface area contributed by atoms with Gasteiger partial charge in [0, 0.05) is 12.1 Å². The number of nitrogen functional groups attached to an aromatic ring is 1. The Morgan fingerprint density at radius 1 is 1.27 bits per heavy atom. The summed E-state index contributed by atoms with van der Waals surface area (Å²) in [5, 5.41) is 8.93. The highest BCUT2D eigenvalue weighted by Gasteiger charge is 2.08. The zero-order valence-electron chi connectivity index (χ0n) is 8.30. The van der Waals surface area contributed by atoms with Crippen LogP contribution < -0.4 is 5.73 Å². The summed E-state index contributed by atoms with van der Waals surface area (Å²) in [6, 6.07) is 9.78. The second-order valence-electron chi connectivity index (χ2n) is 3.25. The predicted octanol–water partition coefficient (Wildman–Crippen LogP) is 1.12. The molecule has 0 amide bonds. The van der Waals surface area contributed by atoms with Gasteiger partial charge in [-0.2, -0.15) is 0 Å². The second kappa shape index (κ2) is 4.14. The third-order valence-electron chi connectivity index (χ3n) is 2.24. The number of nitrogens with two attached hydrogens (primary N) is 1. The number of aliphatic hydroxyl groups is 1. The molecule has 0 unspecified atom stereocenters. The van der Waals surface area contributed by atoms with Crippen molar-refractivity contribution in [2.45, 2.75) is 6.54 Å². The van der Waals surface area contributed by atoms with Crippen molar-refractivity contribution in [3.05, 3.63) is 36.5 Å². The molecule has 0 atom stereocenters. The standard InChI is InChI=1S/C11H13N3O/c12-10-8-13-11(14(10)6-7-15)9-4-2-1-3-5-9/h1-5,8,15H,6-7,12H2. The molecule has 0 aliphatic heterocycles. The first-order valence-electron chi connectivity index (χ1n) is 4.80. The molecular weight excluding hydrogens is 190 g/mol. The van der Waals surface area contributed by atoms with Crippen LogP contribution in [0, 0.1) is 0 Å². The van der Waals surface area contributed by atoms with E-state index in [1.807, 2.05) is 30.3 Å². The normalized spacial score (nSPS) is 10.5. The minimum Gasteiger partial charge on any atom is -0.395 e. The highest BCUT2D eigenvalue weighted by Crippen LogP contribution is 2.20. The maximum Gasteiger partial charge on any atom is 0.141 e. The molecule has 3 N–H and O–H groups in total. The molecular formula is C11H13N3O. The Labute approximate surface area is 88.0 Å². The van der Waals surface area contributed by atoms with Gasteiger partial charge in [0.25, 0.3) is 0 Å². The first-order valence-corrected chi connectivity index (χ1v) is 4.80. The molecule has 4 nitrogen and oxygen atoms in total. The van der Waals surface area contributed by atoms with E-state index in [1.165, 1.54) is 0 Å². The van der Waals surface area contributed by atoms with E-state index in [-0.39, 0.29) is 6.61 Å². The summed E-state index contributed by atoms with van der Waals surface area (Å²) in [7, 11) is 0. The van der Waals surface area contributed by atoms with E-state index < -0.39 is 0 Å². The summed E-state index contributed by atoms with van der Waals surface area (Å²) >= 11 is 0. The minimum atomic E-state index is 0.0559. The van der Waals surface area contributed by atoms with Crippen LogP contribution in [-0.4, -0.2) is 21.3 Å². The van der Waals surface area contributed by atoms with E-state index in [0.29, 0.717) is 12.4 Å². The number of hydrogen-bond donors (Lipinski definition) is 2. The summed E-state index contributed by atoms with van der Waals surface area (Å²) < 4.78 is 1.80. The van der Waals surface area contributed by atoms with Gasteiger partial charge >= 0.3 is 0 Å². The SMILES string of the molecule is Nc1cnc(-c2ccccc2)n1CCO. The Morgan fingerprint density at radius 2 is 2.00 bits per heavy atom. The second-order valence-corrected chi connectivity index (χ2v) is 3.25. The van der Waals surface area contributed by atoms with Gasteiger partial charge in [-0.15, -0.1) is 0 Å². The molecule has 0 saturated heterocycles. The molecule has 1 aromatic heterocycles. The van der Waals surface area contributed by atoms with Gasteiger partial charge in [0.1, 0.15) is 11.6 Å². The molecule has 1 heterocycles. The molecule has 15 heavy (non-hydrogen) atoms. The van der Waals surface area contributed by atoms with Crippen molar-refractivity contribution in [2.24, 2.45) is 0 Å². The Kier molecular flexibility index (Phi) is 2.69. The van der Waals surface area contributed by atoms with E-state index >= 15 is 0 Å². The Morgan fingerprint density at radius 3 is 2.67 bits per heavy atom. The molecule has 0 saturated carbocycles. The monoisotopic (exact) mass is 203 g/mol. The van der Waals surface area contributed by atoms with Crippen molar-refractivity contribution in [1.29, 1.82) is 0 Å². The van der Waals surface area contributed by atoms with Crippen LogP contribution >= 0.6 is 0 Å². The molecule has 1 aromatic carbocycles. The van der Waals surface area contributed by atoms with Crippen molar-refractivity contribution in [2.75, 3.05) is 12.3 Å². The molecule has 0 fully saturated rings. The molecule has 0 bridgehead atoms. The van der Waals surface area contributed by atoms with Crippen LogP contribution in [0.4, 0.5) is 5.82 Å². The summed E-state index contributed by atoms with van der Waals surface area (Å²) in [4.78, 5) is 4.23. The van der Waals surface area contributed by atoms with Gasteiger partial charge < -0.3 is 15.4 Å².